The third-order valence-electron chi connectivity index (χ3n) is 1.86. The number of hydrogen-bond donors (Lipinski definition) is 4. The lowest BCUT2D eigenvalue weighted by Gasteiger charge is -2.22. The molecule has 0 rings (SSSR count). The number of urea groups is 1. The van der Waals surface area contributed by atoms with Gasteiger partial charge in [-0.2, -0.15) is 0 Å². The van der Waals surface area contributed by atoms with Crippen molar-refractivity contribution in [3.8, 4) is 0 Å². The van der Waals surface area contributed by atoms with Crippen molar-refractivity contribution >= 4 is 6.03 Å². The van der Waals surface area contributed by atoms with Crippen LogP contribution in [-0.4, -0.2) is 65.2 Å². The van der Waals surface area contributed by atoms with E-state index in [9.17, 15) is 4.79 Å². The van der Waals surface area contributed by atoms with Crippen LogP contribution in [0.2, 0.25) is 0 Å². The molecule has 0 aromatic heterocycles. The van der Waals surface area contributed by atoms with Crippen molar-refractivity contribution in [2.24, 2.45) is 0 Å². The van der Waals surface area contributed by atoms with Crippen molar-refractivity contribution in [1.82, 2.24) is 10.2 Å². The van der Waals surface area contributed by atoms with E-state index in [2.05, 4.69) is 5.32 Å². The first-order valence-corrected chi connectivity index (χ1v) is 5.04. The monoisotopic (exact) mass is 220 g/mol. The van der Waals surface area contributed by atoms with Crippen molar-refractivity contribution < 1.29 is 20.1 Å². The highest BCUT2D eigenvalue weighted by molar-refractivity contribution is 5.74. The molecule has 6 nitrogen and oxygen atoms in total. The Morgan fingerprint density at radius 2 is 2.00 bits per heavy atom. The molecule has 0 radical (unpaired) electrons. The number of rotatable bonds is 7. The van der Waals surface area contributed by atoms with Crippen molar-refractivity contribution in [1.29, 1.82) is 0 Å². The van der Waals surface area contributed by atoms with Crippen LogP contribution in [0.15, 0.2) is 0 Å². The third kappa shape index (κ3) is 7.12. The molecular formula is C9H20N2O4. The molecular weight excluding hydrogens is 200 g/mol. The standard InChI is InChI=1S/C9H20N2O4/c1-8(14)2-4-11(5-7-13)9(15)10-3-6-12/h8,12-14H,2-7H2,1H3,(H,10,15). The van der Waals surface area contributed by atoms with Crippen LogP contribution in [0.25, 0.3) is 0 Å². The molecule has 0 aliphatic carbocycles. The van der Waals surface area contributed by atoms with Gasteiger partial charge < -0.3 is 25.5 Å². The number of nitrogens with zero attached hydrogens (tertiary/aromatic N) is 1. The summed E-state index contributed by atoms with van der Waals surface area (Å²) in [5.41, 5.74) is 0. The smallest absolute Gasteiger partial charge is 0.317 e. The van der Waals surface area contributed by atoms with Crippen molar-refractivity contribution in [2.45, 2.75) is 19.4 Å². The molecule has 1 atom stereocenters. The number of nitrogens with one attached hydrogen (secondary N) is 1. The van der Waals surface area contributed by atoms with Crippen LogP contribution < -0.4 is 5.32 Å². The summed E-state index contributed by atoms with van der Waals surface area (Å²) in [6.07, 6.45) is -0.0103. The predicted molar refractivity (Wildman–Crippen MR) is 55.4 cm³/mol. The lowest BCUT2D eigenvalue weighted by atomic mass is 10.3. The molecule has 0 aliphatic rings. The summed E-state index contributed by atoms with van der Waals surface area (Å²) in [6, 6.07) is -0.334. The summed E-state index contributed by atoms with van der Waals surface area (Å²) in [5, 5.41) is 28.8. The Balaban J connectivity index is 3.94. The zero-order valence-corrected chi connectivity index (χ0v) is 9.02. The second-order valence-electron chi connectivity index (χ2n) is 3.30. The van der Waals surface area contributed by atoms with Gasteiger partial charge in [0.15, 0.2) is 0 Å². The van der Waals surface area contributed by atoms with Gasteiger partial charge >= 0.3 is 6.03 Å². The van der Waals surface area contributed by atoms with Crippen LogP contribution in [0, 0.1) is 0 Å². The highest BCUT2D eigenvalue weighted by Crippen LogP contribution is 1.96. The number of aliphatic hydroxyl groups excluding tert-OH is 3. The molecule has 6 heteroatoms. The zero-order valence-electron chi connectivity index (χ0n) is 9.02. The van der Waals surface area contributed by atoms with Gasteiger partial charge in [0.25, 0.3) is 0 Å². The Kier molecular flexibility index (Phi) is 7.98. The van der Waals surface area contributed by atoms with Gasteiger partial charge in [0.05, 0.1) is 19.3 Å². The van der Waals surface area contributed by atoms with E-state index in [1.54, 1.807) is 6.92 Å². The minimum absolute atomic E-state index is 0.116. The van der Waals surface area contributed by atoms with E-state index in [1.807, 2.05) is 0 Å². The first-order chi connectivity index (χ1) is 7.11. The largest absolute Gasteiger partial charge is 0.395 e. The van der Waals surface area contributed by atoms with Crippen LogP contribution in [0.4, 0.5) is 4.79 Å². The molecule has 0 saturated heterocycles. The number of carbonyl (C=O) groups excluding carboxylic acids is 1. The van der Waals surface area contributed by atoms with E-state index in [0.29, 0.717) is 13.0 Å². The highest BCUT2D eigenvalue weighted by atomic mass is 16.3. The van der Waals surface area contributed by atoms with E-state index >= 15 is 0 Å². The van der Waals surface area contributed by atoms with Gasteiger partial charge in [-0.1, -0.05) is 0 Å². The Morgan fingerprint density at radius 3 is 2.47 bits per heavy atom. The molecule has 15 heavy (non-hydrogen) atoms. The van der Waals surface area contributed by atoms with Gasteiger partial charge in [-0.25, -0.2) is 4.79 Å². The maximum Gasteiger partial charge on any atom is 0.317 e. The number of hydrogen-bond acceptors (Lipinski definition) is 4. The topological polar surface area (TPSA) is 93.0 Å². The van der Waals surface area contributed by atoms with Crippen LogP contribution in [0.3, 0.4) is 0 Å². The van der Waals surface area contributed by atoms with E-state index in [0.717, 1.165) is 0 Å². The number of amides is 2. The van der Waals surface area contributed by atoms with Crippen LogP contribution in [-0.2, 0) is 0 Å². The van der Waals surface area contributed by atoms with Gasteiger partial charge in [0.2, 0.25) is 0 Å². The maximum atomic E-state index is 11.4. The van der Waals surface area contributed by atoms with Gasteiger partial charge in [-0.15, -0.1) is 0 Å². The molecule has 0 saturated carbocycles. The van der Waals surface area contributed by atoms with Crippen LogP contribution in [0.5, 0.6) is 0 Å². The summed E-state index contributed by atoms with van der Waals surface area (Å²) < 4.78 is 0. The molecule has 0 fully saturated rings. The van der Waals surface area contributed by atoms with Crippen LogP contribution >= 0.6 is 0 Å². The first-order valence-electron chi connectivity index (χ1n) is 5.04. The second kappa shape index (κ2) is 8.46. The molecule has 0 heterocycles. The molecule has 0 spiro atoms. The molecule has 90 valence electrons. The summed E-state index contributed by atoms with van der Waals surface area (Å²) in [6.45, 7) is 2.21. The van der Waals surface area contributed by atoms with Gasteiger partial charge in [0, 0.05) is 19.6 Å². The molecule has 0 aliphatic heterocycles. The predicted octanol–water partition coefficient (Wildman–Crippen LogP) is -1.25. The lowest BCUT2D eigenvalue weighted by Crippen LogP contribution is -2.43. The molecule has 0 bridgehead atoms. The van der Waals surface area contributed by atoms with Gasteiger partial charge in [-0.05, 0) is 13.3 Å². The van der Waals surface area contributed by atoms with Crippen molar-refractivity contribution in [2.75, 3.05) is 32.8 Å². The zero-order chi connectivity index (χ0) is 11.7. The average Bonchev–Trinajstić information content (AvgIpc) is 2.20. The maximum absolute atomic E-state index is 11.4. The normalized spacial score (nSPS) is 12.3. The van der Waals surface area contributed by atoms with Gasteiger partial charge in [0.1, 0.15) is 0 Å². The lowest BCUT2D eigenvalue weighted by molar-refractivity contribution is 0.144. The molecule has 0 aromatic rings. The van der Waals surface area contributed by atoms with Crippen LogP contribution in [0.1, 0.15) is 13.3 Å². The first kappa shape index (κ1) is 14.2. The fraction of sp³-hybridized carbons (Fsp3) is 0.889. The SMILES string of the molecule is CC(O)CCN(CCO)C(=O)NCCO. The quantitative estimate of drug-likeness (QED) is 0.431. The second-order valence-corrected chi connectivity index (χ2v) is 3.30. The molecule has 2 amide bonds. The third-order valence-corrected chi connectivity index (χ3v) is 1.86. The Hall–Kier alpha value is -0.850. The van der Waals surface area contributed by atoms with Gasteiger partial charge in [-0.3, -0.25) is 0 Å². The summed E-state index contributed by atoms with van der Waals surface area (Å²) >= 11 is 0. The fourth-order valence-corrected chi connectivity index (χ4v) is 1.05. The van der Waals surface area contributed by atoms with E-state index in [1.165, 1.54) is 4.90 Å². The number of carbonyl (C=O) groups is 1. The summed E-state index contributed by atoms with van der Waals surface area (Å²) in [7, 11) is 0. The summed E-state index contributed by atoms with van der Waals surface area (Å²) in [4.78, 5) is 12.8. The summed E-state index contributed by atoms with van der Waals surface area (Å²) in [5.74, 6) is 0. The number of aliphatic hydroxyl groups is 3. The molecule has 1 unspecified atom stereocenters. The molecule has 0 aromatic carbocycles. The minimum atomic E-state index is -0.475. The Bertz CT molecular complexity index is 175. The van der Waals surface area contributed by atoms with E-state index in [4.69, 9.17) is 15.3 Å². The van der Waals surface area contributed by atoms with Crippen molar-refractivity contribution in [3.05, 3.63) is 0 Å². The Labute approximate surface area is 89.5 Å². The Morgan fingerprint density at radius 1 is 1.33 bits per heavy atom. The minimum Gasteiger partial charge on any atom is -0.395 e. The molecule has 4 N–H and O–H groups in total. The van der Waals surface area contributed by atoms with E-state index < -0.39 is 6.10 Å². The fourth-order valence-electron chi connectivity index (χ4n) is 1.05. The average molecular weight is 220 g/mol. The van der Waals surface area contributed by atoms with Crippen molar-refractivity contribution in [3.63, 3.8) is 0 Å². The van der Waals surface area contributed by atoms with E-state index in [-0.39, 0.29) is 32.3 Å². The highest BCUT2D eigenvalue weighted by Gasteiger charge is 2.12.